The van der Waals surface area contributed by atoms with Crippen LogP contribution in [0.25, 0.3) is 0 Å². The van der Waals surface area contributed by atoms with Gasteiger partial charge in [0.05, 0.1) is 18.1 Å². The molecule has 0 spiro atoms. The predicted octanol–water partition coefficient (Wildman–Crippen LogP) is 0.673. The lowest BCUT2D eigenvalue weighted by molar-refractivity contribution is -0.133. The molecule has 0 aromatic heterocycles. The highest BCUT2D eigenvalue weighted by Gasteiger charge is 2.03. The molecule has 13 heavy (non-hydrogen) atoms. The Morgan fingerprint density at radius 3 is 2.54 bits per heavy atom. The first-order valence-electron chi connectivity index (χ1n) is 3.42. The number of amides is 1. The lowest BCUT2D eigenvalue weighted by Gasteiger charge is -2.01. The second-order valence-corrected chi connectivity index (χ2v) is 3.70. The van der Waals surface area contributed by atoms with Crippen LogP contribution in [-0.4, -0.2) is 35.0 Å². The number of carboxylic acid groups (broad SMARTS) is 1. The first-order valence-corrected chi connectivity index (χ1v) is 4.95. The summed E-state index contributed by atoms with van der Waals surface area (Å²) in [5.41, 5.74) is 0. The lowest BCUT2D eigenvalue weighted by atomic mass is 10.6. The summed E-state index contributed by atoms with van der Waals surface area (Å²) in [6.07, 6.45) is 0. The Labute approximate surface area is 85.3 Å². The van der Waals surface area contributed by atoms with Crippen LogP contribution in [0, 0.1) is 0 Å². The zero-order valence-corrected chi connectivity index (χ0v) is 8.45. The molecule has 0 saturated heterocycles. The van der Waals surface area contributed by atoms with Crippen molar-refractivity contribution < 1.29 is 14.7 Å². The van der Waals surface area contributed by atoms with E-state index >= 15 is 0 Å². The van der Waals surface area contributed by atoms with Gasteiger partial charge in [-0.1, -0.05) is 18.2 Å². The third kappa shape index (κ3) is 9.23. The number of hydrogen-bond donors (Lipinski definition) is 2. The Bertz CT molecular complexity index is 220. The number of carbonyl (C=O) groups is 2. The summed E-state index contributed by atoms with van der Waals surface area (Å²) in [4.78, 5) is 21.0. The minimum atomic E-state index is -0.931. The van der Waals surface area contributed by atoms with Crippen LogP contribution in [0.4, 0.5) is 0 Å². The van der Waals surface area contributed by atoms with Crippen LogP contribution in [-0.2, 0) is 9.59 Å². The number of thioether (sulfide) groups is 1. The number of halogens is 1. The van der Waals surface area contributed by atoms with Crippen LogP contribution in [0.5, 0.6) is 0 Å². The smallest absolute Gasteiger partial charge is 0.313 e. The molecule has 0 radical (unpaired) electrons. The molecule has 0 heterocycles. The van der Waals surface area contributed by atoms with E-state index in [1.165, 1.54) is 0 Å². The topological polar surface area (TPSA) is 66.4 Å². The summed E-state index contributed by atoms with van der Waals surface area (Å²) in [6, 6.07) is 0. The second kappa shape index (κ2) is 6.80. The molecule has 0 aliphatic rings. The average molecular weight is 224 g/mol. The largest absolute Gasteiger partial charge is 0.481 e. The van der Waals surface area contributed by atoms with Crippen LogP contribution in [0.3, 0.4) is 0 Å². The van der Waals surface area contributed by atoms with Gasteiger partial charge in [0.15, 0.2) is 0 Å². The van der Waals surface area contributed by atoms with E-state index in [4.69, 9.17) is 16.7 Å². The number of aliphatic carboxylic acids is 1. The van der Waals surface area contributed by atoms with E-state index in [2.05, 4.69) is 11.9 Å². The van der Waals surface area contributed by atoms with Gasteiger partial charge in [0.1, 0.15) is 0 Å². The summed E-state index contributed by atoms with van der Waals surface area (Å²) in [5.74, 6) is -1.13. The summed E-state index contributed by atoms with van der Waals surface area (Å²) in [6.45, 7) is 3.60. The van der Waals surface area contributed by atoms with Crippen LogP contribution >= 0.6 is 23.4 Å². The van der Waals surface area contributed by atoms with Crippen molar-refractivity contribution >= 4 is 35.2 Å². The van der Waals surface area contributed by atoms with Gasteiger partial charge in [0, 0.05) is 5.03 Å². The Kier molecular flexibility index (Phi) is 6.44. The normalized spacial score (nSPS) is 9.31. The van der Waals surface area contributed by atoms with Crippen LogP contribution in [0.15, 0.2) is 11.6 Å². The highest BCUT2D eigenvalue weighted by molar-refractivity contribution is 8.00. The molecular formula is C7H10ClNO3S. The number of carbonyl (C=O) groups excluding carboxylic acids is 1. The molecule has 4 nitrogen and oxygen atoms in total. The summed E-state index contributed by atoms with van der Waals surface area (Å²) < 4.78 is 0. The van der Waals surface area contributed by atoms with Crippen LogP contribution in [0.2, 0.25) is 0 Å². The molecule has 2 N–H and O–H groups in total. The zero-order valence-electron chi connectivity index (χ0n) is 6.88. The van der Waals surface area contributed by atoms with E-state index in [1.54, 1.807) is 0 Å². The van der Waals surface area contributed by atoms with E-state index in [-0.39, 0.29) is 24.0 Å². The van der Waals surface area contributed by atoms with Crippen LogP contribution < -0.4 is 5.32 Å². The zero-order chi connectivity index (χ0) is 10.3. The first-order chi connectivity index (χ1) is 6.02. The van der Waals surface area contributed by atoms with E-state index in [0.717, 1.165) is 11.8 Å². The average Bonchev–Trinajstić information content (AvgIpc) is 2.00. The van der Waals surface area contributed by atoms with Crippen molar-refractivity contribution in [1.82, 2.24) is 5.32 Å². The monoisotopic (exact) mass is 223 g/mol. The predicted molar refractivity (Wildman–Crippen MR) is 53.0 cm³/mol. The third-order valence-electron chi connectivity index (χ3n) is 0.936. The molecule has 74 valence electrons. The molecule has 1 amide bonds. The van der Waals surface area contributed by atoms with Crippen molar-refractivity contribution in [2.24, 2.45) is 0 Å². The van der Waals surface area contributed by atoms with Crippen molar-refractivity contribution in [2.75, 3.05) is 18.1 Å². The molecule has 0 fully saturated rings. The Morgan fingerprint density at radius 2 is 2.08 bits per heavy atom. The fourth-order valence-corrected chi connectivity index (χ4v) is 1.11. The molecule has 0 unspecified atom stereocenters. The molecule has 0 aliphatic carbocycles. The molecule has 0 rings (SSSR count). The van der Waals surface area contributed by atoms with Gasteiger partial charge >= 0.3 is 5.97 Å². The highest BCUT2D eigenvalue weighted by Crippen LogP contribution is 1.99. The molecule has 0 saturated carbocycles. The maximum atomic E-state index is 10.9. The number of rotatable bonds is 6. The van der Waals surface area contributed by atoms with Gasteiger partial charge in [0.2, 0.25) is 5.91 Å². The Balaban J connectivity index is 3.41. The van der Waals surface area contributed by atoms with Gasteiger partial charge in [-0.15, -0.1) is 11.8 Å². The first kappa shape index (κ1) is 12.3. The Morgan fingerprint density at radius 1 is 1.46 bits per heavy atom. The number of hydrogen-bond acceptors (Lipinski definition) is 3. The molecule has 6 heteroatoms. The lowest BCUT2D eigenvalue weighted by Crippen LogP contribution is -2.26. The second-order valence-electron chi connectivity index (χ2n) is 2.18. The summed E-state index contributed by atoms with van der Waals surface area (Å²) >= 11 is 6.43. The Hall–Kier alpha value is -0.680. The third-order valence-corrected chi connectivity index (χ3v) is 1.99. The highest BCUT2D eigenvalue weighted by atomic mass is 35.5. The number of carboxylic acids is 1. The van der Waals surface area contributed by atoms with E-state index < -0.39 is 5.97 Å². The fourth-order valence-electron chi connectivity index (χ4n) is 0.477. The molecule has 0 bridgehead atoms. The van der Waals surface area contributed by atoms with Crippen LogP contribution in [0.1, 0.15) is 0 Å². The molecule has 0 aliphatic heterocycles. The molecule has 0 aromatic rings. The van der Waals surface area contributed by atoms with Gasteiger partial charge in [-0.2, -0.15) is 0 Å². The van der Waals surface area contributed by atoms with Gasteiger partial charge in [-0.25, -0.2) is 0 Å². The SMILES string of the molecule is C=C(Cl)CNC(=O)CSCC(=O)O. The maximum Gasteiger partial charge on any atom is 0.313 e. The van der Waals surface area contributed by atoms with E-state index in [9.17, 15) is 9.59 Å². The van der Waals surface area contributed by atoms with Crippen molar-refractivity contribution in [3.8, 4) is 0 Å². The molecule has 0 atom stereocenters. The molecular weight excluding hydrogens is 214 g/mol. The van der Waals surface area contributed by atoms with Crippen molar-refractivity contribution in [3.63, 3.8) is 0 Å². The fraction of sp³-hybridized carbons (Fsp3) is 0.429. The minimum Gasteiger partial charge on any atom is -0.481 e. The van der Waals surface area contributed by atoms with Crippen molar-refractivity contribution in [2.45, 2.75) is 0 Å². The van der Waals surface area contributed by atoms with Gasteiger partial charge < -0.3 is 10.4 Å². The van der Waals surface area contributed by atoms with Gasteiger partial charge in [0.25, 0.3) is 0 Å². The standard InChI is InChI=1S/C7H10ClNO3S/c1-5(8)2-9-6(10)3-13-4-7(11)12/h1-4H2,(H,9,10)(H,11,12). The summed E-state index contributed by atoms with van der Waals surface area (Å²) in [5, 5.41) is 11.1. The quantitative estimate of drug-likeness (QED) is 0.695. The van der Waals surface area contributed by atoms with Gasteiger partial charge in [-0.3, -0.25) is 9.59 Å². The maximum absolute atomic E-state index is 10.9. The van der Waals surface area contributed by atoms with Crippen molar-refractivity contribution in [3.05, 3.63) is 11.6 Å². The van der Waals surface area contributed by atoms with Crippen molar-refractivity contribution in [1.29, 1.82) is 0 Å². The van der Waals surface area contributed by atoms with Gasteiger partial charge in [-0.05, 0) is 0 Å². The van der Waals surface area contributed by atoms with E-state index in [0.29, 0.717) is 5.03 Å². The molecule has 0 aromatic carbocycles. The summed E-state index contributed by atoms with van der Waals surface area (Å²) in [7, 11) is 0. The minimum absolute atomic E-state index is 0.0742. The van der Waals surface area contributed by atoms with E-state index in [1.807, 2.05) is 0 Å². The number of nitrogens with one attached hydrogen (secondary N) is 1.